The number of sulfonamides is 1. The van der Waals surface area contributed by atoms with Gasteiger partial charge in [-0.2, -0.15) is 0 Å². The number of hydrogen-bond acceptors (Lipinski definition) is 4. The molecule has 1 fully saturated rings. The van der Waals surface area contributed by atoms with E-state index in [0.29, 0.717) is 11.3 Å². The second kappa shape index (κ2) is 7.46. The Bertz CT molecular complexity index is 768. The Hall–Kier alpha value is -1.77. The van der Waals surface area contributed by atoms with Gasteiger partial charge in [0.05, 0.1) is 19.6 Å². The van der Waals surface area contributed by atoms with E-state index < -0.39 is 27.5 Å². The van der Waals surface area contributed by atoms with Crippen LogP contribution in [0.3, 0.4) is 0 Å². The van der Waals surface area contributed by atoms with Gasteiger partial charge in [0.1, 0.15) is 17.2 Å². The fourth-order valence-corrected chi connectivity index (χ4v) is 3.51. The largest absolute Gasteiger partial charge is 0.495 e. The van der Waals surface area contributed by atoms with E-state index in [4.69, 9.17) is 4.74 Å². The van der Waals surface area contributed by atoms with Crippen molar-refractivity contribution in [3.05, 3.63) is 23.9 Å². The van der Waals surface area contributed by atoms with E-state index in [9.17, 15) is 21.6 Å². The van der Waals surface area contributed by atoms with Crippen molar-refractivity contribution in [3.63, 3.8) is 0 Å². The summed E-state index contributed by atoms with van der Waals surface area (Å²) in [6, 6.07) is 1.42. The number of rotatable bonds is 6. The number of ether oxygens (including phenoxy) is 1. The van der Waals surface area contributed by atoms with Gasteiger partial charge < -0.3 is 4.74 Å². The maximum absolute atomic E-state index is 14.9. The summed E-state index contributed by atoms with van der Waals surface area (Å²) in [4.78, 5) is 3.92. The molecule has 0 spiro atoms. The molecule has 5 nitrogen and oxygen atoms in total. The van der Waals surface area contributed by atoms with Gasteiger partial charge in [-0.25, -0.2) is 26.6 Å². The van der Waals surface area contributed by atoms with Crippen LogP contribution in [-0.2, 0) is 10.0 Å². The van der Waals surface area contributed by atoms with Gasteiger partial charge in [-0.3, -0.25) is 4.72 Å². The Morgan fingerprint density at radius 3 is 2.50 bits per heavy atom. The fraction of sp³-hybridized carbons (Fsp3) is 0.588. The summed E-state index contributed by atoms with van der Waals surface area (Å²) in [5, 5.41) is 0. The summed E-state index contributed by atoms with van der Waals surface area (Å²) >= 11 is 0. The molecule has 0 bridgehead atoms. The summed E-state index contributed by atoms with van der Waals surface area (Å²) in [6.45, 7) is 0.872. The molecule has 146 valence electrons. The number of allylic oxidation sites excluding steroid dienone is 1. The zero-order valence-corrected chi connectivity index (χ0v) is 15.7. The number of methoxy groups -OCH3 is 1. The molecule has 1 aliphatic carbocycles. The van der Waals surface area contributed by atoms with Gasteiger partial charge in [0.25, 0.3) is 0 Å². The number of aromatic nitrogens is 1. The average molecular weight is 392 g/mol. The van der Waals surface area contributed by atoms with Crippen molar-refractivity contribution in [2.24, 2.45) is 5.92 Å². The second-order valence-corrected chi connectivity index (χ2v) is 8.53. The van der Waals surface area contributed by atoms with Crippen LogP contribution in [0.1, 0.15) is 38.2 Å². The SMILES string of the molecule is COc1cnc(NS(C)(=O)=O)cc1/C=C/C1(F)CCC(C(C)(F)F)CC1. The topological polar surface area (TPSA) is 68.3 Å². The van der Waals surface area contributed by atoms with Crippen LogP contribution in [0.4, 0.5) is 19.0 Å². The number of pyridine rings is 1. The predicted octanol–water partition coefficient (Wildman–Crippen LogP) is 4.03. The maximum atomic E-state index is 14.9. The monoisotopic (exact) mass is 392 g/mol. The zero-order chi connectivity index (χ0) is 19.6. The number of nitrogens with one attached hydrogen (secondary N) is 1. The minimum atomic E-state index is -3.50. The number of halogens is 3. The highest BCUT2D eigenvalue weighted by Crippen LogP contribution is 2.42. The quantitative estimate of drug-likeness (QED) is 0.794. The van der Waals surface area contributed by atoms with Crippen molar-refractivity contribution in [1.29, 1.82) is 0 Å². The molecule has 1 N–H and O–H groups in total. The molecule has 0 atom stereocenters. The first-order valence-electron chi connectivity index (χ1n) is 8.20. The summed E-state index contributed by atoms with van der Waals surface area (Å²) in [5.74, 6) is -3.18. The van der Waals surface area contributed by atoms with Crippen molar-refractivity contribution < 1.29 is 26.3 Å². The average Bonchev–Trinajstić information content (AvgIpc) is 2.51. The van der Waals surface area contributed by atoms with Crippen molar-refractivity contribution in [3.8, 4) is 5.75 Å². The molecule has 1 aromatic heterocycles. The van der Waals surface area contributed by atoms with E-state index >= 15 is 0 Å². The molecular formula is C17H23F3N2O3S. The Labute approximate surface area is 151 Å². The third-order valence-electron chi connectivity index (χ3n) is 4.50. The van der Waals surface area contributed by atoms with Crippen LogP contribution in [0.2, 0.25) is 0 Å². The molecular weight excluding hydrogens is 369 g/mol. The zero-order valence-electron chi connectivity index (χ0n) is 14.9. The van der Waals surface area contributed by atoms with Crippen LogP contribution in [0.15, 0.2) is 18.3 Å². The van der Waals surface area contributed by atoms with Crippen LogP contribution in [0.5, 0.6) is 5.75 Å². The molecule has 0 saturated heterocycles. The van der Waals surface area contributed by atoms with E-state index in [-0.39, 0.29) is 31.5 Å². The van der Waals surface area contributed by atoms with Crippen molar-refractivity contribution in [2.45, 2.75) is 44.2 Å². The molecule has 1 aromatic rings. The molecule has 2 rings (SSSR count). The fourth-order valence-electron chi connectivity index (χ4n) is 3.02. The molecule has 1 aliphatic rings. The minimum absolute atomic E-state index is 0.0133. The van der Waals surface area contributed by atoms with Crippen LogP contribution in [0, 0.1) is 5.92 Å². The third kappa shape index (κ3) is 5.62. The molecule has 9 heteroatoms. The Morgan fingerprint density at radius 2 is 2.00 bits per heavy atom. The van der Waals surface area contributed by atoms with Crippen molar-refractivity contribution >= 4 is 21.9 Å². The first-order chi connectivity index (χ1) is 11.9. The molecule has 1 heterocycles. The van der Waals surface area contributed by atoms with E-state index in [0.717, 1.165) is 13.2 Å². The van der Waals surface area contributed by atoms with Gasteiger partial charge in [0.15, 0.2) is 0 Å². The molecule has 0 amide bonds. The first-order valence-corrected chi connectivity index (χ1v) is 10.1. The third-order valence-corrected chi connectivity index (χ3v) is 5.08. The summed E-state index contributed by atoms with van der Waals surface area (Å²) in [7, 11) is -2.09. The van der Waals surface area contributed by atoms with Crippen molar-refractivity contribution in [2.75, 3.05) is 18.1 Å². The smallest absolute Gasteiger partial charge is 0.248 e. The lowest BCUT2D eigenvalue weighted by atomic mass is 9.77. The molecule has 0 radical (unpaired) electrons. The highest BCUT2D eigenvalue weighted by Gasteiger charge is 2.41. The highest BCUT2D eigenvalue weighted by atomic mass is 32.2. The van der Waals surface area contributed by atoms with Gasteiger partial charge in [0.2, 0.25) is 15.9 Å². The van der Waals surface area contributed by atoms with Crippen LogP contribution in [-0.4, -0.2) is 38.4 Å². The van der Waals surface area contributed by atoms with E-state index in [2.05, 4.69) is 9.71 Å². The van der Waals surface area contributed by atoms with Gasteiger partial charge in [-0.05, 0) is 44.7 Å². The lowest BCUT2D eigenvalue weighted by Crippen LogP contribution is -2.34. The van der Waals surface area contributed by atoms with E-state index in [1.54, 1.807) is 0 Å². The minimum Gasteiger partial charge on any atom is -0.495 e. The van der Waals surface area contributed by atoms with Crippen LogP contribution in [0.25, 0.3) is 6.08 Å². The normalized spacial score (nSPS) is 24.6. The summed E-state index contributed by atoms with van der Waals surface area (Å²) in [6.07, 6.45) is 5.37. The molecule has 1 saturated carbocycles. The molecule has 26 heavy (non-hydrogen) atoms. The highest BCUT2D eigenvalue weighted by molar-refractivity contribution is 7.92. The van der Waals surface area contributed by atoms with Crippen LogP contribution >= 0.6 is 0 Å². The number of hydrogen-bond donors (Lipinski definition) is 1. The second-order valence-electron chi connectivity index (χ2n) is 6.78. The Morgan fingerprint density at radius 1 is 1.38 bits per heavy atom. The van der Waals surface area contributed by atoms with Gasteiger partial charge in [-0.15, -0.1) is 0 Å². The number of nitrogens with zero attached hydrogens (tertiary/aromatic N) is 1. The Balaban J connectivity index is 2.17. The molecule has 0 aliphatic heterocycles. The molecule has 0 aromatic carbocycles. The lowest BCUT2D eigenvalue weighted by molar-refractivity contribution is -0.0658. The molecule has 0 unspecified atom stereocenters. The Kier molecular flexibility index (Phi) is 5.89. The number of alkyl halides is 3. The van der Waals surface area contributed by atoms with E-state index in [1.807, 2.05) is 0 Å². The van der Waals surface area contributed by atoms with Crippen LogP contribution < -0.4 is 9.46 Å². The van der Waals surface area contributed by atoms with E-state index in [1.165, 1.54) is 31.5 Å². The number of anilines is 1. The predicted molar refractivity (Wildman–Crippen MR) is 94.7 cm³/mol. The lowest BCUT2D eigenvalue weighted by Gasteiger charge is -2.34. The van der Waals surface area contributed by atoms with Gasteiger partial charge in [-0.1, -0.05) is 6.08 Å². The maximum Gasteiger partial charge on any atom is 0.248 e. The van der Waals surface area contributed by atoms with Gasteiger partial charge >= 0.3 is 0 Å². The summed E-state index contributed by atoms with van der Waals surface area (Å²) in [5.41, 5.74) is -1.24. The van der Waals surface area contributed by atoms with Gasteiger partial charge in [0, 0.05) is 11.5 Å². The van der Waals surface area contributed by atoms with Crippen molar-refractivity contribution in [1.82, 2.24) is 4.98 Å². The standard InChI is InChI=1S/C17H23F3N2O3S/c1-16(18,19)13-5-8-17(20,9-6-13)7-4-12-10-15(22-26(3,23)24)21-11-14(12)25-2/h4,7,10-11,13H,5-6,8-9H2,1-3H3,(H,21,22)/b7-4+. The summed E-state index contributed by atoms with van der Waals surface area (Å²) < 4.78 is 71.7. The first kappa shape index (κ1) is 20.5.